The van der Waals surface area contributed by atoms with Crippen LogP contribution < -0.4 is 4.74 Å². The van der Waals surface area contributed by atoms with Gasteiger partial charge >= 0.3 is 0 Å². The predicted octanol–water partition coefficient (Wildman–Crippen LogP) is 1.61. The lowest BCUT2D eigenvalue weighted by atomic mass is 10.1. The normalized spacial score (nSPS) is 16.3. The maximum absolute atomic E-state index is 8.94. The van der Waals surface area contributed by atoms with Crippen molar-refractivity contribution in [1.29, 1.82) is 5.26 Å². The van der Waals surface area contributed by atoms with Gasteiger partial charge in [0.15, 0.2) is 6.29 Å². The van der Waals surface area contributed by atoms with Gasteiger partial charge in [-0.1, -0.05) is 0 Å². The topological polar surface area (TPSA) is 51.5 Å². The minimum atomic E-state index is -0.435. The van der Waals surface area contributed by atoms with Crippen LogP contribution in [0.2, 0.25) is 0 Å². The molecule has 1 aliphatic heterocycles. The third kappa shape index (κ3) is 1.94. The van der Waals surface area contributed by atoms with Crippen molar-refractivity contribution in [3.8, 4) is 11.8 Å². The summed E-state index contributed by atoms with van der Waals surface area (Å²) < 4.78 is 15.8. The van der Waals surface area contributed by atoms with Gasteiger partial charge in [-0.3, -0.25) is 0 Å². The maximum Gasteiger partial charge on any atom is 0.185 e. The Kier molecular flexibility index (Phi) is 2.86. The van der Waals surface area contributed by atoms with Crippen molar-refractivity contribution in [2.45, 2.75) is 6.29 Å². The standard InChI is InChI=1S/C11H11NO3/c1-13-9-3-2-8(7-12)10(6-9)11-14-4-5-15-11/h2-3,6,11H,4-5H2,1H3. The number of hydrogen-bond donors (Lipinski definition) is 0. The number of benzene rings is 1. The fourth-order valence-electron chi connectivity index (χ4n) is 1.50. The van der Waals surface area contributed by atoms with Gasteiger partial charge in [-0.15, -0.1) is 0 Å². The molecule has 0 N–H and O–H groups in total. The zero-order chi connectivity index (χ0) is 10.7. The molecule has 4 nitrogen and oxygen atoms in total. The molecule has 1 fully saturated rings. The van der Waals surface area contributed by atoms with E-state index in [0.29, 0.717) is 24.5 Å². The van der Waals surface area contributed by atoms with E-state index in [-0.39, 0.29) is 0 Å². The lowest BCUT2D eigenvalue weighted by Crippen LogP contribution is -2.01. The summed E-state index contributed by atoms with van der Waals surface area (Å²) >= 11 is 0. The minimum absolute atomic E-state index is 0.435. The molecule has 1 saturated heterocycles. The van der Waals surface area contributed by atoms with E-state index in [2.05, 4.69) is 6.07 Å². The molecule has 1 aromatic carbocycles. The average molecular weight is 205 g/mol. The van der Waals surface area contributed by atoms with E-state index < -0.39 is 6.29 Å². The van der Waals surface area contributed by atoms with Crippen molar-refractivity contribution in [1.82, 2.24) is 0 Å². The SMILES string of the molecule is COc1ccc(C#N)c(C2OCCO2)c1. The molecule has 1 aromatic rings. The van der Waals surface area contributed by atoms with Crippen LogP contribution in [0.5, 0.6) is 5.75 Å². The summed E-state index contributed by atoms with van der Waals surface area (Å²) in [7, 11) is 1.58. The van der Waals surface area contributed by atoms with Crippen LogP contribution in [-0.2, 0) is 9.47 Å². The molecule has 0 spiro atoms. The van der Waals surface area contributed by atoms with E-state index in [1.54, 1.807) is 25.3 Å². The predicted molar refractivity (Wildman–Crippen MR) is 52.4 cm³/mol. The van der Waals surface area contributed by atoms with E-state index in [1.807, 2.05) is 0 Å². The summed E-state index contributed by atoms with van der Waals surface area (Å²) in [6.07, 6.45) is -0.435. The van der Waals surface area contributed by atoms with E-state index in [1.165, 1.54) is 0 Å². The zero-order valence-corrected chi connectivity index (χ0v) is 8.40. The molecule has 0 aromatic heterocycles. The Morgan fingerprint density at radius 2 is 2.13 bits per heavy atom. The summed E-state index contributed by atoms with van der Waals surface area (Å²) in [5.41, 5.74) is 1.29. The Morgan fingerprint density at radius 3 is 2.73 bits per heavy atom. The Balaban J connectivity index is 2.37. The van der Waals surface area contributed by atoms with Crippen molar-refractivity contribution in [3.05, 3.63) is 29.3 Å². The smallest absolute Gasteiger partial charge is 0.185 e. The van der Waals surface area contributed by atoms with E-state index >= 15 is 0 Å². The summed E-state index contributed by atoms with van der Waals surface area (Å²) in [6, 6.07) is 7.34. The van der Waals surface area contributed by atoms with E-state index in [9.17, 15) is 0 Å². The van der Waals surface area contributed by atoms with Gasteiger partial charge in [-0.05, 0) is 18.2 Å². The highest BCUT2D eigenvalue weighted by molar-refractivity contribution is 5.43. The van der Waals surface area contributed by atoms with Crippen LogP contribution in [0.25, 0.3) is 0 Å². The van der Waals surface area contributed by atoms with Gasteiger partial charge in [0.25, 0.3) is 0 Å². The fourth-order valence-corrected chi connectivity index (χ4v) is 1.50. The average Bonchev–Trinajstić information content (AvgIpc) is 2.81. The molecule has 0 amide bonds. The molecule has 0 atom stereocenters. The summed E-state index contributed by atoms with van der Waals surface area (Å²) in [5.74, 6) is 0.697. The third-order valence-corrected chi connectivity index (χ3v) is 2.25. The van der Waals surface area contributed by atoms with E-state index in [4.69, 9.17) is 19.5 Å². The fraction of sp³-hybridized carbons (Fsp3) is 0.364. The molecule has 15 heavy (non-hydrogen) atoms. The van der Waals surface area contributed by atoms with Crippen LogP contribution in [0.4, 0.5) is 0 Å². The number of ether oxygens (including phenoxy) is 3. The molecule has 0 unspecified atom stereocenters. The van der Waals surface area contributed by atoms with Crippen LogP contribution in [0.15, 0.2) is 18.2 Å². The Bertz CT molecular complexity index is 391. The molecule has 0 aliphatic carbocycles. The van der Waals surface area contributed by atoms with Crippen LogP contribution in [0, 0.1) is 11.3 Å². The molecule has 0 radical (unpaired) electrons. The zero-order valence-electron chi connectivity index (χ0n) is 8.40. The van der Waals surface area contributed by atoms with Crippen molar-refractivity contribution < 1.29 is 14.2 Å². The quantitative estimate of drug-likeness (QED) is 0.736. The number of rotatable bonds is 2. The van der Waals surface area contributed by atoms with Gasteiger partial charge in [0.2, 0.25) is 0 Å². The molecule has 4 heteroatoms. The van der Waals surface area contributed by atoms with Crippen LogP contribution in [-0.4, -0.2) is 20.3 Å². The van der Waals surface area contributed by atoms with Crippen LogP contribution in [0.3, 0.4) is 0 Å². The largest absolute Gasteiger partial charge is 0.497 e. The van der Waals surface area contributed by atoms with Crippen molar-refractivity contribution >= 4 is 0 Å². The molecule has 0 saturated carbocycles. The Hall–Kier alpha value is -1.57. The molecule has 1 heterocycles. The third-order valence-electron chi connectivity index (χ3n) is 2.25. The first-order valence-electron chi connectivity index (χ1n) is 4.66. The van der Waals surface area contributed by atoms with Crippen molar-refractivity contribution in [2.24, 2.45) is 0 Å². The van der Waals surface area contributed by atoms with Gasteiger partial charge in [-0.2, -0.15) is 5.26 Å². The van der Waals surface area contributed by atoms with Crippen LogP contribution >= 0.6 is 0 Å². The van der Waals surface area contributed by atoms with Crippen molar-refractivity contribution in [3.63, 3.8) is 0 Å². The second kappa shape index (κ2) is 4.30. The van der Waals surface area contributed by atoms with Gasteiger partial charge in [-0.25, -0.2) is 0 Å². The number of nitriles is 1. The monoisotopic (exact) mass is 205 g/mol. The first kappa shape index (κ1) is 9.97. The maximum atomic E-state index is 8.94. The minimum Gasteiger partial charge on any atom is -0.497 e. The molecule has 2 rings (SSSR count). The van der Waals surface area contributed by atoms with E-state index in [0.717, 1.165) is 5.56 Å². The number of hydrogen-bond acceptors (Lipinski definition) is 4. The highest BCUT2D eigenvalue weighted by atomic mass is 16.7. The molecule has 0 bridgehead atoms. The molecule has 1 aliphatic rings. The first-order valence-corrected chi connectivity index (χ1v) is 4.66. The van der Waals surface area contributed by atoms with Gasteiger partial charge in [0.1, 0.15) is 5.75 Å². The highest BCUT2D eigenvalue weighted by Crippen LogP contribution is 2.29. The number of methoxy groups -OCH3 is 1. The Morgan fingerprint density at radius 1 is 1.40 bits per heavy atom. The second-order valence-electron chi connectivity index (χ2n) is 3.14. The highest BCUT2D eigenvalue weighted by Gasteiger charge is 2.21. The molecular weight excluding hydrogens is 194 g/mol. The van der Waals surface area contributed by atoms with Crippen molar-refractivity contribution in [2.75, 3.05) is 20.3 Å². The second-order valence-corrected chi connectivity index (χ2v) is 3.14. The first-order chi connectivity index (χ1) is 7.35. The lowest BCUT2D eigenvalue weighted by Gasteiger charge is -2.12. The molecular formula is C11H11NO3. The van der Waals surface area contributed by atoms with Gasteiger partial charge in [0, 0.05) is 5.56 Å². The van der Waals surface area contributed by atoms with Gasteiger partial charge < -0.3 is 14.2 Å². The summed E-state index contributed by atoms with van der Waals surface area (Å²) in [5, 5.41) is 8.94. The lowest BCUT2D eigenvalue weighted by molar-refractivity contribution is -0.0444. The number of nitrogens with zero attached hydrogens (tertiary/aromatic N) is 1. The Labute approximate surface area is 88.0 Å². The summed E-state index contributed by atoms with van der Waals surface area (Å²) in [6.45, 7) is 1.12. The van der Waals surface area contributed by atoms with Crippen LogP contribution in [0.1, 0.15) is 17.4 Å². The summed E-state index contributed by atoms with van der Waals surface area (Å²) in [4.78, 5) is 0. The van der Waals surface area contributed by atoms with Gasteiger partial charge in [0.05, 0.1) is 32.0 Å². The molecule has 78 valence electrons.